The Labute approximate surface area is 98.2 Å². The number of amides is 1. The first-order valence-electron chi connectivity index (χ1n) is 5.52. The fraction of sp³-hybridized carbons (Fsp3) is 0.545. The summed E-state index contributed by atoms with van der Waals surface area (Å²) in [5.74, 6) is -0.376. The second-order valence-electron chi connectivity index (χ2n) is 4.66. The third kappa shape index (κ3) is 1.15. The minimum absolute atomic E-state index is 0.376. The number of nitrogens with zero attached hydrogens (tertiary/aromatic N) is 1. The van der Waals surface area contributed by atoms with Crippen molar-refractivity contribution in [2.24, 2.45) is 5.73 Å². The van der Waals surface area contributed by atoms with E-state index in [1.165, 1.54) is 17.7 Å². The maximum Gasteiger partial charge on any atom is 0.251 e. The highest BCUT2D eigenvalue weighted by molar-refractivity contribution is 7.16. The number of anilines is 1. The molecule has 2 aliphatic heterocycles. The number of rotatable bonds is 1. The number of nitrogens with two attached hydrogens (primary N) is 2. The predicted octanol–water partition coefficient (Wildman–Crippen LogP) is 1.12. The molecule has 3 rings (SSSR count). The van der Waals surface area contributed by atoms with E-state index in [2.05, 4.69) is 11.9 Å². The summed E-state index contributed by atoms with van der Waals surface area (Å²) >= 11 is 1.54. The topological polar surface area (TPSA) is 72.3 Å². The highest BCUT2D eigenvalue weighted by Crippen LogP contribution is 2.48. The van der Waals surface area contributed by atoms with E-state index >= 15 is 0 Å². The van der Waals surface area contributed by atoms with Crippen LogP contribution in [0.1, 0.15) is 39.7 Å². The monoisotopic (exact) mass is 237 g/mol. The van der Waals surface area contributed by atoms with Gasteiger partial charge in [0.15, 0.2) is 0 Å². The Morgan fingerprint density at radius 1 is 1.50 bits per heavy atom. The number of nitrogen functional groups attached to an aromatic ring is 1. The Morgan fingerprint density at radius 2 is 2.25 bits per heavy atom. The van der Waals surface area contributed by atoms with Crippen LogP contribution in [0, 0.1) is 0 Å². The molecule has 86 valence electrons. The van der Waals surface area contributed by atoms with Crippen LogP contribution in [0.2, 0.25) is 0 Å². The lowest BCUT2D eigenvalue weighted by Gasteiger charge is -2.31. The van der Waals surface area contributed by atoms with Crippen LogP contribution >= 0.6 is 11.3 Å². The maximum atomic E-state index is 11.4. The first-order valence-corrected chi connectivity index (χ1v) is 6.34. The molecular weight excluding hydrogens is 222 g/mol. The van der Waals surface area contributed by atoms with Crippen LogP contribution in [-0.4, -0.2) is 23.9 Å². The van der Waals surface area contributed by atoms with Crippen LogP contribution in [0.3, 0.4) is 0 Å². The Hall–Kier alpha value is -1.07. The molecule has 2 unspecified atom stereocenters. The fourth-order valence-corrected chi connectivity index (χ4v) is 4.35. The molecule has 5 heteroatoms. The van der Waals surface area contributed by atoms with Gasteiger partial charge in [0.2, 0.25) is 0 Å². The molecule has 0 saturated carbocycles. The molecule has 4 nitrogen and oxygen atoms in total. The molecule has 2 aliphatic rings. The van der Waals surface area contributed by atoms with Gasteiger partial charge >= 0.3 is 0 Å². The SMILES string of the molecule is CN1C2CCC1c1sc(N)c(C(N)=O)c1C2. The second kappa shape index (κ2) is 3.21. The van der Waals surface area contributed by atoms with Gasteiger partial charge in [0, 0.05) is 17.0 Å². The molecule has 1 saturated heterocycles. The Balaban J connectivity index is 2.16. The average Bonchev–Trinajstić information content (AvgIpc) is 2.64. The van der Waals surface area contributed by atoms with E-state index in [0.29, 0.717) is 22.6 Å². The van der Waals surface area contributed by atoms with Crippen molar-refractivity contribution >= 4 is 22.2 Å². The molecule has 1 fully saturated rings. The van der Waals surface area contributed by atoms with E-state index in [9.17, 15) is 4.79 Å². The maximum absolute atomic E-state index is 11.4. The van der Waals surface area contributed by atoms with Crippen LogP contribution in [-0.2, 0) is 6.42 Å². The van der Waals surface area contributed by atoms with Crippen LogP contribution < -0.4 is 11.5 Å². The minimum atomic E-state index is -0.376. The number of primary amides is 1. The molecule has 2 bridgehead atoms. The zero-order chi connectivity index (χ0) is 11.4. The molecule has 1 amide bonds. The predicted molar refractivity (Wildman–Crippen MR) is 64.5 cm³/mol. The van der Waals surface area contributed by atoms with Gasteiger partial charge in [-0.1, -0.05) is 0 Å². The largest absolute Gasteiger partial charge is 0.390 e. The summed E-state index contributed by atoms with van der Waals surface area (Å²) in [5, 5.41) is 0.596. The van der Waals surface area contributed by atoms with Gasteiger partial charge in [-0.25, -0.2) is 0 Å². The lowest BCUT2D eigenvalue weighted by atomic mass is 9.97. The van der Waals surface area contributed by atoms with Gasteiger partial charge in [-0.3, -0.25) is 9.69 Å². The quantitative estimate of drug-likeness (QED) is 0.768. The smallest absolute Gasteiger partial charge is 0.251 e. The van der Waals surface area contributed by atoms with E-state index < -0.39 is 0 Å². The van der Waals surface area contributed by atoms with Crippen molar-refractivity contribution in [2.45, 2.75) is 31.3 Å². The molecule has 2 atom stereocenters. The van der Waals surface area contributed by atoms with E-state index in [1.807, 2.05) is 0 Å². The van der Waals surface area contributed by atoms with Crippen molar-refractivity contribution in [2.75, 3.05) is 12.8 Å². The molecule has 3 heterocycles. The summed E-state index contributed by atoms with van der Waals surface area (Å²) in [5.41, 5.74) is 13.0. The van der Waals surface area contributed by atoms with Gasteiger partial charge in [-0.15, -0.1) is 11.3 Å². The molecule has 0 aromatic carbocycles. The van der Waals surface area contributed by atoms with Crippen molar-refractivity contribution in [3.63, 3.8) is 0 Å². The number of likely N-dealkylation sites (N-methyl/N-ethyl adjacent to an activating group) is 1. The van der Waals surface area contributed by atoms with Crippen molar-refractivity contribution in [1.29, 1.82) is 0 Å². The van der Waals surface area contributed by atoms with E-state index in [0.717, 1.165) is 12.0 Å². The van der Waals surface area contributed by atoms with Crippen molar-refractivity contribution in [3.05, 3.63) is 16.0 Å². The fourth-order valence-electron chi connectivity index (χ4n) is 3.05. The summed E-state index contributed by atoms with van der Waals surface area (Å²) in [6, 6.07) is 1.01. The highest BCUT2D eigenvalue weighted by atomic mass is 32.1. The molecule has 0 aliphatic carbocycles. The average molecular weight is 237 g/mol. The number of hydrogen-bond donors (Lipinski definition) is 2. The molecule has 0 spiro atoms. The number of carbonyl (C=O) groups excluding carboxylic acids is 1. The Bertz CT molecular complexity index is 468. The molecule has 1 aromatic heterocycles. The van der Waals surface area contributed by atoms with Gasteiger partial charge in [0.25, 0.3) is 5.91 Å². The van der Waals surface area contributed by atoms with Gasteiger partial charge in [-0.05, 0) is 31.9 Å². The zero-order valence-corrected chi connectivity index (χ0v) is 10.0. The Kier molecular flexibility index (Phi) is 2.03. The second-order valence-corrected chi connectivity index (χ2v) is 5.75. The summed E-state index contributed by atoms with van der Waals surface area (Å²) in [6.07, 6.45) is 3.31. The summed E-state index contributed by atoms with van der Waals surface area (Å²) in [6.45, 7) is 0. The normalized spacial score (nSPS) is 28.1. The van der Waals surface area contributed by atoms with Crippen LogP contribution in [0.25, 0.3) is 0 Å². The summed E-state index contributed by atoms with van der Waals surface area (Å²) in [7, 11) is 2.16. The van der Waals surface area contributed by atoms with E-state index in [4.69, 9.17) is 11.5 Å². The van der Waals surface area contributed by atoms with E-state index in [-0.39, 0.29) is 5.91 Å². The van der Waals surface area contributed by atoms with Crippen LogP contribution in [0.5, 0.6) is 0 Å². The highest BCUT2D eigenvalue weighted by Gasteiger charge is 2.41. The van der Waals surface area contributed by atoms with Crippen molar-refractivity contribution in [3.8, 4) is 0 Å². The standard InChI is InChI=1S/C11H15N3OS/c1-14-5-2-3-7(14)9-6(4-5)8(10(12)15)11(13)16-9/h5,7H,2-4,13H2,1H3,(H2,12,15). The van der Waals surface area contributed by atoms with Gasteiger partial charge < -0.3 is 11.5 Å². The zero-order valence-electron chi connectivity index (χ0n) is 9.19. The van der Waals surface area contributed by atoms with Crippen LogP contribution in [0.15, 0.2) is 0 Å². The van der Waals surface area contributed by atoms with Crippen molar-refractivity contribution in [1.82, 2.24) is 4.90 Å². The molecule has 0 radical (unpaired) electrons. The third-order valence-electron chi connectivity index (χ3n) is 3.90. The number of thiophene rings is 1. The van der Waals surface area contributed by atoms with Gasteiger partial charge in [0.05, 0.1) is 10.6 Å². The number of fused-ring (bicyclic) bond motifs is 4. The van der Waals surface area contributed by atoms with Crippen LogP contribution in [0.4, 0.5) is 5.00 Å². The lowest BCUT2D eigenvalue weighted by Crippen LogP contribution is -2.34. The molecule has 1 aromatic rings. The minimum Gasteiger partial charge on any atom is -0.390 e. The lowest BCUT2D eigenvalue weighted by molar-refractivity contribution is 0.0999. The molecular formula is C11H15N3OS. The molecule has 4 N–H and O–H groups in total. The summed E-state index contributed by atoms with van der Waals surface area (Å²) < 4.78 is 0. The van der Waals surface area contributed by atoms with Gasteiger partial charge in [0.1, 0.15) is 0 Å². The summed E-state index contributed by atoms with van der Waals surface area (Å²) in [4.78, 5) is 15.1. The Morgan fingerprint density at radius 3 is 2.94 bits per heavy atom. The molecule has 16 heavy (non-hydrogen) atoms. The third-order valence-corrected chi connectivity index (χ3v) is 5.06. The first-order chi connectivity index (χ1) is 7.59. The number of hydrogen-bond acceptors (Lipinski definition) is 4. The van der Waals surface area contributed by atoms with Gasteiger partial charge in [-0.2, -0.15) is 0 Å². The number of carbonyl (C=O) groups is 1. The van der Waals surface area contributed by atoms with Crippen molar-refractivity contribution < 1.29 is 4.79 Å². The van der Waals surface area contributed by atoms with E-state index in [1.54, 1.807) is 11.3 Å². The first kappa shape index (κ1) is 10.1.